The van der Waals surface area contributed by atoms with Crippen LogP contribution < -0.4 is 9.47 Å². The molecule has 0 unspecified atom stereocenters. The summed E-state index contributed by atoms with van der Waals surface area (Å²) in [5.41, 5.74) is 2.15. The Morgan fingerprint density at radius 3 is 2.69 bits per heavy atom. The van der Waals surface area contributed by atoms with Crippen molar-refractivity contribution in [2.45, 2.75) is 20.1 Å². The fourth-order valence-corrected chi connectivity index (χ4v) is 3.30. The molecular formula is C22H20BrFN2O3. The van der Waals surface area contributed by atoms with Crippen LogP contribution in [0.4, 0.5) is 4.39 Å². The molecule has 0 amide bonds. The van der Waals surface area contributed by atoms with Gasteiger partial charge in [-0.3, -0.25) is 9.48 Å². The van der Waals surface area contributed by atoms with Crippen LogP contribution in [0.25, 0.3) is 6.08 Å². The van der Waals surface area contributed by atoms with Gasteiger partial charge in [0, 0.05) is 12.1 Å². The fraction of sp³-hybridized carbons (Fsp3) is 0.182. The lowest BCUT2D eigenvalue weighted by Crippen LogP contribution is -2.07. The molecule has 5 nitrogen and oxygen atoms in total. The average Bonchev–Trinajstić information content (AvgIpc) is 3.12. The maximum absolute atomic E-state index is 13.0. The Bertz CT molecular complexity index is 1030. The predicted octanol–water partition coefficient (Wildman–Crippen LogP) is 5.29. The normalized spacial score (nSPS) is 11.0. The highest BCUT2D eigenvalue weighted by atomic mass is 79.9. The second kappa shape index (κ2) is 9.52. The number of hydrogen-bond acceptors (Lipinski definition) is 4. The van der Waals surface area contributed by atoms with Crippen LogP contribution in [0.2, 0.25) is 0 Å². The minimum Gasteiger partial charge on any atom is -0.496 e. The van der Waals surface area contributed by atoms with E-state index in [1.165, 1.54) is 18.2 Å². The second-order valence-corrected chi connectivity index (χ2v) is 7.02. The Morgan fingerprint density at radius 2 is 2.00 bits per heavy atom. The highest BCUT2D eigenvalue weighted by Gasteiger charge is 2.14. The van der Waals surface area contributed by atoms with Gasteiger partial charge in [-0.05, 0) is 70.9 Å². The summed E-state index contributed by atoms with van der Waals surface area (Å²) < 4.78 is 26.4. The van der Waals surface area contributed by atoms with Gasteiger partial charge in [0.2, 0.25) is 5.78 Å². The molecule has 150 valence electrons. The first kappa shape index (κ1) is 20.8. The quantitative estimate of drug-likeness (QED) is 0.340. The van der Waals surface area contributed by atoms with E-state index >= 15 is 0 Å². The van der Waals surface area contributed by atoms with Crippen molar-refractivity contribution in [1.82, 2.24) is 9.78 Å². The number of methoxy groups -OCH3 is 1. The molecule has 0 radical (unpaired) electrons. The van der Waals surface area contributed by atoms with Gasteiger partial charge in [0.1, 0.15) is 29.6 Å². The minimum atomic E-state index is -0.317. The molecule has 2 aromatic carbocycles. The molecule has 0 saturated heterocycles. The zero-order chi connectivity index (χ0) is 20.8. The summed E-state index contributed by atoms with van der Waals surface area (Å²) in [6.45, 7) is 2.78. The lowest BCUT2D eigenvalue weighted by atomic mass is 10.1. The van der Waals surface area contributed by atoms with E-state index in [2.05, 4.69) is 21.0 Å². The maximum atomic E-state index is 13.0. The fourth-order valence-electron chi connectivity index (χ4n) is 2.80. The lowest BCUT2D eigenvalue weighted by molar-refractivity contribution is 0.103. The molecular weight excluding hydrogens is 439 g/mol. The minimum absolute atomic E-state index is 0.142. The van der Waals surface area contributed by atoms with E-state index in [1.54, 1.807) is 36.2 Å². The van der Waals surface area contributed by atoms with Crippen LogP contribution >= 0.6 is 15.9 Å². The molecule has 29 heavy (non-hydrogen) atoms. The number of carbonyl (C=O) groups is 1. The Morgan fingerprint density at radius 1 is 1.24 bits per heavy atom. The van der Waals surface area contributed by atoms with Gasteiger partial charge in [0.05, 0.1) is 17.8 Å². The van der Waals surface area contributed by atoms with Gasteiger partial charge in [-0.2, -0.15) is 5.10 Å². The smallest absolute Gasteiger partial charge is 0.205 e. The van der Waals surface area contributed by atoms with Gasteiger partial charge in [0.15, 0.2) is 0 Å². The number of allylic oxidation sites excluding steroid dienone is 1. The first-order valence-electron chi connectivity index (χ1n) is 9.00. The van der Waals surface area contributed by atoms with E-state index in [9.17, 15) is 9.18 Å². The Hall–Kier alpha value is -2.93. The van der Waals surface area contributed by atoms with Crippen LogP contribution in [0, 0.1) is 5.82 Å². The van der Waals surface area contributed by atoms with Crippen molar-refractivity contribution in [2.24, 2.45) is 0 Å². The zero-order valence-electron chi connectivity index (χ0n) is 16.1. The number of carbonyl (C=O) groups excluding carboxylic acids is 1. The van der Waals surface area contributed by atoms with E-state index < -0.39 is 0 Å². The van der Waals surface area contributed by atoms with Crippen molar-refractivity contribution in [2.75, 3.05) is 7.11 Å². The summed E-state index contributed by atoms with van der Waals surface area (Å²) in [7, 11) is 1.58. The summed E-state index contributed by atoms with van der Waals surface area (Å²) in [5.74, 6) is 0.767. The summed E-state index contributed by atoms with van der Waals surface area (Å²) in [5, 5.41) is 4.16. The standard InChI is InChI=1S/C22H20BrFN2O3/c1-3-26-22(19(23)13-25-26)20(27)10-4-15-5-11-21(28-2)16(12-15)14-29-18-8-6-17(24)7-9-18/h4-13H,3,14H2,1-2H3/b10-4+. The average molecular weight is 459 g/mol. The van der Waals surface area contributed by atoms with Gasteiger partial charge < -0.3 is 9.47 Å². The van der Waals surface area contributed by atoms with Crippen LogP contribution in [0.15, 0.2) is 59.2 Å². The van der Waals surface area contributed by atoms with Crippen LogP contribution in [0.3, 0.4) is 0 Å². The summed E-state index contributed by atoms with van der Waals surface area (Å²) in [4.78, 5) is 12.6. The largest absolute Gasteiger partial charge is 0.496 e. The molecule has 0 bridgehead atoms. The number of hydrogen-bond donors (Lipinski definition) is 0. The molecule has 0 aliphatic heterocycles. The predicted molar refractivity (Wildman–Crippen MR) is 113 cm³/mol. The number of rotatable bonds is 8. The van der Waals surface area contributed by atoms with Crippen LogP contribution in [-0.2, 0) is 13.2 Å². The third-order valence-electron chi connectivity index (χ3n) is 4.27. The molecule has 7 heteroatoms. The van der Waals surface area contributed by atoms with E-state index in [0.717, 1.165) is 11.1 Å². The Labute approximate surface area is 176 Å². The Balaban J connectivity index is 1.77. The first-order chi connectivity index (χ1) is 14.0. The molecule has 0 aliphatic rings. The molecule has 0 fully saturated rings. The number of aryl methyl sites for hydroxylation is 1. The Kier molecular flexibility index (Phi) is 6.82. The van der Waals surface area contributed by atoms with Crippen molar-refractivity contribution in [3.63, 3.8) is 0 Å². The molecule has 0 spiro atoms. The molecule has 1 heterocycles. The van der Waals surface area contributed by atoms with Gasteiger partial charge in [-0.15, -0.1) is 0 Å². The van der Waals surface area contributed by atoms with E-state index in [4.69, 9.17) is 9.47 Å². The second-order valence-electron chi connectivity index (χ2n) is 6.17. The zero-order valence-corrected chi connectivity index (χ0v) is 17.6. The molecule has 3 aromatic rings. The SMILES string of the molecule is CCn1ncc(Br)c1C(=O)/C=C/c1ccc(OC)c(COc2ccc(F)cc2)c1. The molecule has 0 atom stereocenters. The van der Waals surface area contributed by atoms with Gasteiger partial charge in [0.25, 0.3) is 0 Å². The van der Waals surface area contributed by atoms with E-state index in [-0.39, 0.29) is 18.2 Å². The van der Waals surface area contributed by atoms with E-state index in [1.807, 2.05) is 25.1 Å². The molecule has 0 aliphatic carbocycles. The van der Waals surface area contributed by atoms with Crippen LogP contribution in [-0.4, -0.2) is 22.7 Å². The van der Waals surface area contributed by atoms with Crippen molar-refractivity contribution < 1.29 is 18.7 Å². The summed E-state index contributed by atoms with van der Waals surface area (Å²) in [6.07, 6.45) is 4.87. The van der Waals surface area contributed by atoms with Crippen molar-refractivity contribution in [3.05, 3.63) is 81.8 Å². The number of halogens is 2. The number of ether oxygens (including phenoxy) is 2. The molecule has 1 aromatic heterocycles. The van der Waals surface area contributed by atoms with Gasteiger partial charge in [-0.25, -0.2) is 4.39 Å². The maximum Gasteiger partial charge on any atom is 0.205 e. The number of aromatic nitrogens is 2. The van der Waals surface area contributed by atoms with Gasteiger partial charge in [-0.1, -0.05) is 12.1 Å². The van der Waals surface area contributed by atoms with Crippen LogP contribution in [0.1, 0.15) is 28.5 Å². The third-order valence-corrected chi connectivity index (χ3v) is 4.85. The van der Waals surface area contributed by atoms with Crippen molar-refractivity contribution in [1.29, 1.82) is 0 Å². The summed E-state index contributed by atoms with van der Waals surface area (Å²) >= 11 is 3.37. The highest BCUT2D eigenvalue weighted by Crippen LogP contribution is 2.24. The summed E-state index contributed by atoms with van der Waals surface area (Å²) in [6, 6.07) is 11.4. The highest BCUT2D eigenvalue weighted by molar-refractivity contribution is 9.10. The van der Waals surface area contributed by atoms with Gasteiger partial charge >= 0.3 is 0 Å². The molecule has 0 saturated carbocycles. The monoisotopic (exact) mass is 458 g/mol. The van der Waals surface area contributed by atoms with E-state index in [0.29, 0.717) is 28.2 Å². The number of nitrogens with zero attached hydrogens (tertiary/aromatic N) is 2. The van der Waals surface area contributed by atoms with Crippen molar-refractivity contribution >= 4 is 27.8 Å². The van der Waals surface area contributed by atoms with Crippen LogP contribution in [0.5, 0.6) is 11.5 Å². The number of benzene rings is 2. The topological polar surface area (TPSA) is 53.4 Å². The first-order valence-corrected chi connectivity index (χ1v) is 9.80. The molecule has 3 rings (SSSR count). The number of ketones is 1. The molecule has 0 N–H and O–H groups in total. The third kappa shape index (κ3) is 5.12. The lowest BCUT2D eigenvalue weighted by Gasteiger charge is -2.11. The van der Waals surface area contributed by atoms with Crippen molar-refractivity contribution in [3.8, 4) is 11.5 Å².